The standard InChI is InChI=1S/C20H20N6O/c1-11-3-2-4-14(23-11)19-17(18(24-25-19)12-5-6-12)13-7-8-16-22-9-15(20(21)27)26(16)10-13/h2-4,7-10,12,20,27H,5-6,21H2,1H3,(H,24,25). The normalized spacial score (nSPS) is 15.4. The van der Waals surface area contributed by atoms with Gasteiger partial charge in [0.15, 0.2) is 0 Å². The number of nitrogens with zero attached hydrogens (tertiary/aromatic N) is 4. The SMILES string of the molecule is Cc1cccc(-c2n[nH]c(C3CC3)c2-c2ccc3ncc(C(N)O)n3c2)n1. The minimum Gasteiger partial charge on any atom is -0.373 e. The molecule has 0 radical (unpaired) electrons. The summed E-state index contributed by atoms with van der Waals surface area (Å²) < 4.78 is 1.83. The van der Waals surface area contributed by atoms with Crippen molar-refractivity contribution < 1.29 is 5.11 Å². The first-order valence-electron chi connectivity index (χ1n) is 9.05. The maximum Gasteiger partial charge on any atom is 0.145 e. The fraction of sp³-hybridized carbons (Fsp3) is 0.250. The highest BCUT2D eigenvalue weighted by molar-refractivity contribution is 5.82. The lowest BCUT2D eigenvalue weighted by Crippen LogP contribution is -2.11. The third-order valence-electron chi connectivity index (χ3n) is 5.04. The number of fused-ring (bicyclic) bond motifs is 1. The Bertz CT molecular complexity index is 1140. The number of aromatic amines is 1. The molecular formula is C20H20N6O. The molecule has 1 aliphatic carbocycles. The van der Waals surface area contributed by atoms with Crippen molar-refractivity contribution in [3.05, 3.63) is 59.8 Å². The lowest BCUT2D eigenvalue weighted by atomic mass is 10.0. The molecule has 5 rings (SSSR count). The summed E-state index contributed by atoms with van der Waals surface area (Å²) in [4.78, 5) is 8.97. The Kier molecular flexibility index (Phi) is 3.60. The van der Waals surface area contributed by atoms with Crippen molar-refractivity contribution in [1.29, 1.82) is 0 Å². The summed E-state index contributed by atoms with van der Waals surface area (Å²) in [6.45, 7) is 1.98. The monoisotopic (exact) mass is 360 g/mol. The Labute approximate surface area is 155 Å². The van der Waals surface area contributed by atoms with Crippen LogP contribution in [0, 0.1) is 6.92 Å². The number of aromatic nitrogens is 5. The van der Waals surface area contributed by atoms with Crippen LogP contribution in [0.1, 0.15) is 42.1 Å². The van der Waals surface area contributed by atoms with Gasteiger partial charge in [-0.3, -0.25) is 14.5 Å². The second-order valence-electron chi connectivity index (χ2n) is 7.07. The number of hydrogen-bond acceptors (Lipinski definition) is 5. The van der Waals surface area contributed by atoms with Gasteiger partial charge in [-0.1, -0.05) is 6.07 Å². The third-order valence-corrected chi connectivity index (χ3v) is 5.04. The Morgan fingerprint density at radius 3 is 2.85 bits per heavy atom. The van der Waals surface area contributed by atoms with Crippen molar-refractivity contribution in [1.82, 2.24) is 24.6 Å². The van der Waals surface area contributed by atoms with Gasteiger partial charge in [0, 0.05) is 34.6 Å². The average molecular weight is 360 g/mol. The molecule has 4 aromatic rings. The molecule has 7 nitrogen and oxygen atoms in total. The molecule has 1 aliphatic rings. The fourth-order valence-electron chi connectivity index (χ4n) is 3.54. The molecule has 0 saturated heterocycles. The van der Waals surface area contributed by atoms with E-state index in [0.717, 1.165) is 52.4 Å². The summed E-state index contributed by atoms with van der Waals surface area (Å²) in [7, 11) is 0. The maximum atomic E-state index is 9.84. The first-order valence-corrected chi connectivity index (χ1v) is 9.05. The molecule has 1 unspecified atom stereocenters. The molecule has 0 bridgehead atoms. The van der Waals surface area contributed by atoms with E-state index in [4.69, 9.17) is 5.73 Å². The predicted molar refractivity (Wildman–Crippen MR) is 102 cm³/mol. The van der Waals surface area contributed by atoms with Gasteiger partial charge in [0.25, 0.3) is 0 Å². The van der Waals surface area contributed by atoms with Crippen LogP contribution in [0.25, 0.3) is 28.2 Å². The van der Waals surface area contributed by atoms with Crippen LogP contribution in [0.2, 0.25) is 0 Å². The molecule has 0 amide bonds. The van der Waals surface area contributed by atoms with Crippen LogP contribution in [-0.2, 0) is 0 Å². The van der Waals surface area contributed by atoms with E-state index in [1.165, 1.54) is 0 Å². The van der Waals surface area contributed by atoms with E-state index in [0.29, 0.717) is 11.6 Å². The van der Waals surface area contributed by atoms with Gasteiger partial charge in [-0.05, 0) is 44.0 Å². The minimum atomic E-state index is -1.08. The third kappa shape index (κ3) is 2.72. The number of nitrogens with two attached hydrogens (primary N) is 1. The molecular weight excluding hydrogens is 340 g/mol. The number of rotatable bonds is 4. The highest BCUT2D eigenvalue weighted by atomic mass is 16.3. The van der Waals surface area contributed by atoms with E-state index in [1.807, 2.05) is 47.9 Å². The molecule has 1 saturated carbocycles. The largest absolute Gasteiger partial charge is 0.373 e. The van der Waals surface area contributed by atoms with Gasteiger partial charge < -0.3 is 10.8 Å². The fourth-order valence-corrected chi connectivity index (χ4v) is 3.54. The number of H-pyrrole nitrogens is 1. The zero-order chi connectivity index (χ0) is 18.5. The van der Waals surface area contributed by atoms with Crippen LogP contribution < -0.4 is 5.73 Å². The summed E-state index contributed by atoms with van der Waals surface area (Å²) in [5, 5.41) is 17.7. The van der Waals surface area contributed by atoms with Crippen LogP contribution in [0.3, 0.4) is 0 Å². The number of imidazole rings is 1. The maximum absolute atomic E-state index is 9.84. The summed E-state index contributed by atoms with van der Waals surface area (Å²) >= 11 is 0. The summed E-state index contributed by atoms with van der Waals surface area (Å²) in [5.41, 5.74) is 12.8. The molecule has 4 aromatic heterocycles. The summed E-state index contributed by atoms with van der Waals surface area (Å²) in [6.07, 6.45) is 4.81. The van der Waals surface area contributed by atoms with Crippen molar-refractivity contribution >= 4 is 5.65 Å². The van der Waals surface area contributed by atoms with E-state index < -0.39 is 6.23 Å². The van der Waals surface area contributed by atoms with Crippen molar-refractivity contribution in [2.24, 2.45) is 5.73 Å². The molecule has 0 aromatic carbocycles. The van der Waals surface area contributed by atoms with Gasteiger partial charge in [0.2, 0.25) is 0 Å². The van der Waals surface area contributed by atoms with E-state index in [2.05, 4.69) is 20.2 Å². The number of aliphatic hydroxyl groups excluding tert-OH is 1. The summed E-state index contributed by atoms with van der Waals surface area (Å²) in [5.74, 6) is 0.504. The van der Waals surface area contributed by atoms with Gasteiger partial charge in [0.1, 0.15) is 17.6 Å². The van der Waals surface area contributed by atoms with Crippen molar-refractivity contribution in [3.8, 4) is 22.5 Å². The van der Waals surface area contributed by atoms with Gasteiger partial charge in [-0.2, -0.15) is 5.10 Å². The van der Waals surface area contributed by atoms with Crippen molar-refractivity contribution in [3.63, 3.8) is 0 Å². The zero-order valence-corrected chi connectivity index (χ0v) is 14.9. The van der Waals surface area contributed by atoms with Crippen LogP contribution in [0.15, 0.2) is 42.7 Å². The molecule has 4 N–H and O–H groups in total. The number of aliphatic hydroxyl groups is 1. The topological polar surface area (TPSA) is 105 Å². The molecule has 0 aliphatic heterocycles. The van der Waals surface area contributed by atoms with Crippen LogP contribution in [0.4, 0.5) is 0 Å². The second-order valence-corrected chi connectivity index (χ2v) is 7.07. The molecule has 0 spiro atoms. The van der Waals surface area contributed by atoms with E-state index in [9.17, 15) is 5.11 Å². The zero-order valence-electron chi connectivity index (χ0n) is 14.9. The Balaban J connectivity index is 1.73. The molecule has 1 atom stereocenters. The quantitative estimate of drug-likeness (QED) is 0.485. The number of pyridine rings is 2. The number of aryl methyl sites for hydroxylation is 1. The first-order chi connectivity index (χ1) is 13.1. The minimum absolute atomic E-state index is 0.504. The Morgan fingerprint density at radius 1 is 1.26 bits per heavy atom. The van der Waals surface area contributed by atoms with Crippen LogP contribution in [-0.4, -0.2) is 29.7 Å². The Hall–Kier alpha value is -3.03. The highest BCUT2D eigenvalue weighted by Crippen LogP contribution is 2.46. The number of hydrogen-bond donors (Lipinski definition) is 3. The average Bonchev–Trinajstić information content (AvgIpc) is 3.26. The van der Waals surface area contributed by atoms with Crippen molar-refractivity contribution in [2.45, 2.75) is 31.9 Å². The molecule has 4 heterocycles. The van der Waals surface area contributed by atoms with E-state index in [-0.39, 0.29) is 0 Å². The van der Waals surface area contributed by atoms with Gasteiger partial charge in [-0.25, -0.2) is 4.98 Å². The molecule has 7 heteroatoms. The highest BCUT2D eigenvalue weighted by Gasteiger charge is 2.31. The van der Waals surface area contributed by atoms with Crippen molar-refractivity contribution in [2.75, 3.05) is 0 Å². The van der Waals surface area contributed by atoms with Gasteiger partial charge in [-0.15, -0.1) is 0 Å². The van der Waals surface area contributed by atoms with Gasteiger partial charge >= 0.3 is 0 Å². The lowest BCUT2D eigenvalue weighted by Gasteiger charge is -2.09. The molecule has 27 heavy (non-hydrogen) atoms. The second kappa shape index (κ2) is 6.00. The lowest BCUT2D eigenvalue weighted by molar-refractivity contribution is 0.180. The molecule has 1 fully saturated rings. The summed E-state index contributed by atoms with van der Waals surface area (Å²) in [6, 6.07) is 9.91. The Morgan fingerprint density at radius 2 is 2.11 bits per heavy atom. The van der Waals surface area contributed by atoms with Crippen LogP contribution >= 0.6 is 0 Å². The van der Waals surface area contributed by atoms with E-state index in [1.54, 1.807) is 6.20 Å². The molecule has 136 valence electrons. The van der Waals surface area contributed by atoms with E-state index >= 15 is 0 Å². The van der Waals surface area contributed by atoms with Gasteiger partial charge in [0.05, 0.1) is 17.6 Å². The smallest absolute Gasteiger partial charge is 0.145 e. The predicted octanol–water partition coefficient (Wildman–Crippen LogP) is 2.92. The first kappa shape index (κ1) is 16.2. The number of nitrogens with one attached hydrogen (secondary N) is 1. The van der Waals surface area contributed by atoms with Crippen LogP contribution in [0.5, 0.6) is 0 Å².